The van der Waals surface area contributed by atoms with Crippen molar-refractivity contribution in [3.05, 3.63) is 71.8 Å². The van der Waals surface area contributed by atoms with Gasteiger partial charge in [-0.1, -0.05) is 23.7 Å². The zero-order valence-electron chi connectivity index (χ0n) is 13.7. The molecule has 0 fully saturated rings. The van der Waals surface area contributed by atoms with E-state index in [0.29, 0.717) is 0 Å². The molecule has 2 aromatic heterocycles. The predicted octanol–water partition coefficient (Wildman–Crippen LogP) is 0.719. The second kappa shape index (κ2) is 6.23. The Morgan fingerprint density at radius 1 is 1.23 bits per heavy atom. The molecule has 0 saturated carbocycles. The normalized spacial score (nSPS) is 11.0. The fourth-order valence-corrected chi connectivity index (χ4v) is 2.81. The fraction of sp³-hybridized carbons (Fsp3) is 0.200. The van der Waals surface area contributed by atoms with Gasteiger partial charge in [0.05, 0.1) is 17.0 Å². The highest BCUT2D eigenvalue weighted by Crippen LogP contribution is 2.19. The Labute approximate surface area is 150 Å². The molecular formula is C15H12ClN5O5. The number of nitrogens with zero attached hydrogens (tertiary/aromatic N) is 5. The van der Waals surface area contributed by atoms with Crippen molar-refractivity contribution in [3.63, 3.8) is 0 Å². The molecule has 0 aliphatic heterocycles. The number of imidazole rings is 1. The monoisotopic (exact) mass is 377 g/mol. The highest BCUT2D eigenvalue weighted by molar-refractivity contribution is 6.30. The van der Waals surface area contributed by atoms with E-state index in [1.807, 2.05) is 0 Å². The van der Waals surface area contributed by atoms with Crippen molar-refractivity contribution in [2.24, 2.45) is 14.1 Å². The number of fused-ring (bicyclic) bond motifs is 1. The van der Waals surface area contributed by atoms with Gasteiger partial charge in [0.1, 0.15) is 0 Å². The molecule has 0 spiro atoms. The second-order valence-corrected chi connectivity index (χ2v) is 5.93. The molecule has 0 bridgehead atoms. The lowest BCUT2D eigenvalue weighted by atomic mass is 10.1. The molecule has 10 nitrogen and oxygen atoms in total. The maximum Gasteiger partial charge on any atom is 0.339 e. The molecule has 0 N–H and O–H groups in total. The van der Waals surface area contributed by atoms with E-state index < -0.39 is 22.1 Å². The second-order valence-electron chi connectivity index (χ2n) is 5.58. The average Bonchev–Trinajstić information content (AvgIpc) is 2.94. The molecule has 134 valence electrons. The van der Waals surface area contributed by atoms with Crippen molar-refractivity contribution in [2.45, 2.75) is 6.42 Å². The van der Waals surface area contributed by atoms with E-state index in [4.69, 9.17) is 11.6 Å². The van der Waals surface area contributed by atoms with Crippen LogP contribution in [0.4, 0.5) is 5.69 Å². The Hall–Kier alpha value is -3.27. The summed E-state index contributed by atoms with van der Waals surface area (Å²) in [5.74, 6) is -0.474. The van der Waals surface area contributed by atoms with E-state index in [1.165, 1.54) is 32.3 Å². The van der Waals surface area contributed by atoms with Crippen LogP contribution in [0, 0.1) is 10.1 Å². The van der Waals surface area contributed by atoms with Gasteiger partial charge in [0.15, 0.2) is 10.9 Å². The first kappa shape index (κ1) is 17.5. The van der Waals surface area contributed by atoms with E-state index in [9.17, 15) is 24.5 Å². The number of benzene rings is 1. The van der Waals surface area contributed by atoms with Crippen molar-refractivity contribution < 1.29 is 9.72 Å². The molecular weight excluding hydrogens is 366 g/mol. The summed E-state index contributed by atoms with van der Waals surface area (Å²) in [6.45, 7) is 0. The number of halogens is 1. The van der Waals surface area contributed by atoms with Crippen LogP contribution in [-0.4, -0.2) is 29.2 Å². The van der Waals surface area contributed by atoms with Crippen LogP contribution >= 0.6 is 11.6 Å². The third-order valence-corrected chi connectivity index (χ3v) is 4.27. The van der Waals surface area contributed by atoms with Crippen molar-refractivity contribution in [3.8, 4) is 0 Å². The third kappa shape index (κ3) is 2.69. The van der Waals surface area contributed by atoms with Crippen molar-refractivity contribution >= 4 is 28.8 Å². The smallest absolute Gasteiger partial charge is 0.294 e. The molecule has 0 unspecified atom stereocenters. The highest BCUT2D eigenvalue weighted by atomic mass is 35.5. The number of rotatable bonds is 4. The van der Waals surface area contributed by atoms with Crippen LogP contribution in [0.2, 0.25) is 5.15 Å². The molecule has 3 aromatic rings. The average molecular weight is 378 g/mol. The summed E-state index contributed by atoms with van der Waals surface area (Å²) in [6.07, 6.45) is -0.311. The number of Topliss-reactive ketones (excluding diaryl/α,β-unsaturated/α-hetero) is 1. The van der Waals surface area contributed by atoms with Gasteiger partial charge in [0.25, 0.3) is 5.69 Å². The van der Waals surface area contributed by atoms with Gasteiger partial charge in [0.2, 0.25) is 5.78 Å². The number of nitro groups is 1. The quantitative estimate of drug-likeness (QED) is 0.375. The maximum atomic E-state index is 12.5. The topological polar surface area (TPSA) is 122 Å². The standard InChI is InChI=1S/C15H12ClN5O5/c1-18-13-17-12(16)10(20(13)15(24)19(2)14(18)23)7-11(22)8-4-3-5-9(6-8)21(25)26/h3-6H,7H2,1-2H3. The molecule has 0 aliphatic carbocycles. The molecule has 0 radical (unpaired) electrons. The number of ketones is 1. The molecule has 3 rings (SSSR count). The van der Waals surface area contributed by atoms with E-state index in [2.05, 4.69) is 4.98 Å². The Balaban J connectivity index is 2.13. The Kier molecular flexibility index (Phi) is 4.20. The van der Waals surface area contributed by atoms with Crippen molar-refractivity contribution in [1.29, 1.82) is 0 Å². The number of hydrogen-bond acceptors (Lipinski definition) is 6. The summed E-state index contributed by atoms with van der Waals surface area (Å²) in [5, 5.41) is 10.8. The van der Waals surface area contributed by atoms with Crippen LogP contribution in [0.5, 0.6) is 0 Å². The first-order valence-corrected chi connectivity index (χ1v) is 7.70. The summed E-state index contributed by atoms with van der Waals surface area (Å²) >= 11 is 6.07. The lowest BCUT2D eigenvalue weighted by Crippen LogP contribution is -2.41. The zero-order chi connectivity index (χ0) is 19.2. The van der Waals surface area contributed by atoms with Gasteiger partial charge in [0, 0.05) is 31.8 Å². The largest absolute Gasteiger partial charge is 0.339 e. The first-order chi connectivity index (χ1) is 12.2. The summed E-state index contributed by atoms with van der Waals surface area (Å²) in [5.41, 5.74) is -1.29. The molecule has 2 heterocycles. The van der Waals surface area contributed by atoms with Crippen LogP contribution in [0.15, 0.2) is 33.9 Å². The summed E-state index contributed by atoms with van der Waals surface area (Å²) < 4.78 is 3.08. The molecule has 1 aromatic carbocycles. The van der Waals surface area contributed by atoms with E-state index in [-0.39, 0.29) is 34.3 Å². The van der Waals surface area contributed by atoms with Gasteiger partial charge in [-0.15, -0.1) is 0 Å². The number of carbonyl (C=O) groups is 1. The van der Waals surface area contributed by atoms with Crippen LogP contribution in [-0.2, 0) is 20.5 Å². The Morgan fingerprint density at radius 2 is 1.92 bits per heavy atom. The van der Waals surface area contributed by atoms with Crippen molar-refractivity contribution in [1.82, 2.24) is 18.5 Å². The van der Waals surface area contributed by atoms with Gasteiger partial charge < -0.3 is 0 Å². The first-order valence-electron chi connectivity index (χ1n) is 7.33. The number of nitro benzene ring substituents is 1. The maximum absolute atomic E-state index is 12.5. The van der Waals surface area contributed by atoms with E-state index >= 15 is 0 Å². The minimum absolute atomic E-state index is 0.00458. The number of carbonyl (C=O) groups excluding carboxylic acids is 1. The number of hydrogen-bond donors (Lipinski definition) is 0. The van der Waals surface area contributed by atoms with E-state index in [1.54, 1.807) is 0 Å². The minimum Gasteiger partial charge on any atom is -0.294 e. The summed E-state index contributed by atoms with van der Waals surface area (Å²) in [4.78, 5) is 51.1. The molecule has 0 atom stereocenters. The lowest BCUT2D eigenvalue weighted by Gasteiger charge is -2.06. The van der Waals surface area contributed by atoms with Gasteiger partial charge in [-0.25, -0.2) is 18.6 Å². The van der Waals surface area contributed by atoms with Crippen LogP contribution < -0.4 is 11.4 Å². The minimum atomic E-state index is -0.690. The van der Waals surface area contributed by atoms with Crippen molar-refractivity contribution in [2.75, 3.05) is 0 Å². The van der Waals surface area contributed by atoms with Crippen LogP contribution in [0.25, 0.3) is 5.78 Å². The SMILES string of the molecule is Cn1c(=O)n(C)c2nc(Cl)c(CC(=O)c3cccc([N+](=O)[O-])c3)n2c1=O. The predicted molar refractivity (Wildman–Crippen MR) is 91.8 cm³/mol. The van der Waals surface area contributed by atoms with Gasteiger partial charge in [-0.05, 0) is 0 Å². The Bertz CT molecular complexity index is 1190. The van der Waals surface area contributed by atoms with Crippen LogP contribution in [0.3, 0.4) is 0 Å². The number of aryl methyl sites for hydroxylation is 1. The Morgan fingerprint density at radius 3 is 2.58 bits per heavy atom. The lowest BCUT2D eigenvalue weighted by molar-refractivity contribution is -0.384. The number of non-ortho nitro benzene ring substituents is 1. The third-order valence-electron chi connectivity index (χ3n) is 3.97. The fourth-order valence-electron chi connectivity index (χ4n) is 2.58. The number of aromatic nitrogens is 4. The molecule has 26 heavy (non-hydrogen) atoms. The molecule has 11 heteroatoms. The molecule has 0 aliphatic rings. The summed E-state index contributed by atoms with van der Waals surface area (Å²) in [7, 11) is 2.72. The van der Waals surface area contributed by atoms with E-state index in [0.717, 1.165) is 19.6 Å². The highest BCUT2D eigenvalue weighted by Gasteiger charge is 2.21. The summed E-state index contributed by atoms with van der Waals surface area (Å²) in [6, 6.07) is 5.24. The van der Waals surface area contributed by atoms with Gasteiger partial charge >= 0.3 is 11.4 Å². The van der Waals surface area contributed by atoms with Gasteiger partial charge in [-0.3, -0.25) is 19.5 Å². The van der Waals surface area contributed by atoms with Gasteiger partial charge in [-0.2, -0.15) is 4.98 Å². The molecule has 0 amide bonds. The van der Waals surface area contributed by atoms with Crippen LogP contribution in [0.1, 0.15) is 16.1 Å². The molecule has 0 saturated heterocycles. The zero-order valence-corrected chi connectivity index (χ0v) is 14.4.